The van der Waals surface area contributed by atoms with E-state index in [2.05, 4.69) is 10.1 Å². The summed E-state index contributed by atoms with van der Waals surface area (Å²) in [7, 11) is 0. The van der Waals surface area contributed by atoms with Gasteiger partial charge in [0.05, 0.1) is 16.4 Å². The summed E-state index contributed by atoms with van der Waals surface area (Å²) in [6.45, 7) is 5.80. The Morgan fingerprint density at radius 2 is 2.11 bits per heavy atom. The molecule has 2 aromatic rings. The lowest BCUT2D eigenvalue weighted by molar-refractivity contribution is 0.732. The van der Waals surface area contributed by atoms with Crippen LogP contribution in [0.2, 0.25) is 5.02 Å². The second-order valence-corrected chi connectivity index (χ2v) is 4.98. The molecular weight excluding hydrogens is 248 g/mol. The lowest BCUT2D eigenvalue weighted by Gasteiger charge is -2.07. The molecule has 0 aliphatic rings. The fourth-order valence-electron chi connectivity index (χ4n) is 1.88. The highest BCUT2D eigenvalue weighted by Crippen LogP contribution is 2.21. The molecule has 2 rings (SSSR count). The molecule has 0 aliphatic carbocycles. The van der Waals surface area contributed by atoms with Crippen LogP contribution in [-0.2, 0) is 6.42 Å². The van der Waals surface area contributed by atoms with Crippen LogP contribution in [0.25, 0.3) is 5.82 Å². The summed E-state index contributed by atoms with van der Waals surface area (Å²) in [4.78, 5) is 4.40. The van der Waals surface area contributed by atoms with E-state index in [0.717, 1.165) is 29.2 Å². The van der Waals surface area contributed by atoms with E-state index in [-0.39, 0.29) is 6.04 Å². The van der Waals surface area contributed by atoms with Gasteiger partial charge in [0.25, 0.3) is 0 Å². The summed E-state index contributed by atoms with van der Waals surface area (Å²) >= 11 is 6.12. The SMILES string of the molecule is Cc1nn(-c2ccc(CC(C)N)cn2)c(C)c1Cl. The Kier molecular flexibility index (Phi) is 3.68. The number of rotatable bonds is 3. The van der Waals surface area contributed by atoms with Crippen LogP contribution in [0.15, 0.2) is 18.3 Å². The number of nitrogens with two attached hydrogens (primary N) is 1. The van der Waals surface area contributed by atoms with Crippen LogP contribution >= 0.6 is 11.6 Å². The minimum absolute atomic E-state index is 0.140. The summed E-state index contributed by atoms with van der Waals surface area (Å²) in [5.41, 5.74) is 8.60. The van der Waals surface area contributed by atoms with Gasteiger partial charge < -0.3 is 5.73 Å². The topological polar surface area (TPSA) is 56.7 Å². The second kappa shape index (κ2) is 5.08. The number of halogens is 1. The summed E-state index contributed by atoms with van der Waals surface area (Å²) in [6, 6.07) is 4.10. The van der Waals surface area contributed by atoms with Gasteiger partial charge in [-0.3, -0.25) is 0 Å². The fraction of sp³-hybridized carbons (Fsp3) is 0.385. The Hall–Kier alpha value is -1.39. The summed E-state index contributed by atoms with van der Waals surface area (Å²) in [6.07, 6.45) is 2.66. The van der Waals surface area contributed by atoms with Crippen molar-refractivity contribution >= 4 is 11.6 Å². The fourth-order valence-corrected chi connectivity index (χ4v) is 2.00. The second-order valence-electron chi connectivity index (χ2n) is 4.60. The maximum atomic E-state index is 6.12. The number of aromatic nitrogens is 3. The molecule has 4 nitrogen and oxygen atoms in total. The van der Waals surface area contributed by atoms with Crippen molar-refractivity contribution in [2.75, 3.05) is 0 Å². The van der Waals surface area contributed by atoms with Crippen molar-refractivity contribution in [1.29, 1.82) is 0 Å². The number of aryl methyl sites for hydroxylation is 1. The average molecular weight is 265 g/mol. The first kappa shape index (κ1) is 13.1. The molecule has 18 heavy (non-hydrogen) atoms. The molecule has 0 fully saturated rings. The standard InChI is InChI=1S/C13H17ClN4/c1-8(15)6-11-4-5-12(16-7-11)18-10(3)13(14)9(2)17-18/h4-5,7-8H,6,15H2,1-3H3. The van der Waals surface area contributed by atoms with Crippen LogP contribution in [0.1, 0.15) is 23.9 Å². The number of hydrogen-bond donors (Lipinski definition) is 1. The van der Waals surface area contributed by atoms with Gasteiger partial charge in [-0.2, -0.15) is 5.10 Å². The Morgan fingerprint density at radius 3 is 2.56 bits per heavy atom. The predicted octanol–water partition coefficient (Wildman–Crippen LogP) is 2.43. The van der Waals surface area contributed by atoms with E-state index in [9.17, 15) is 0 Å². The molecule has 0 saturated heterocycles. The normalized spacial score (nSPS) is 12.7. The molecule has 0 saturated carbocycles. The maximum absolute atomic E-state index is 6.12. The van der Waals surface area contributed by atoms with Crippen LogP contribution in [0, 0.1) is 13.8 Å². The highest BCUT2D eigenvalue weighted by molar-refractivity contribution is 6.31. The third-order valence-corrected chi connectivity index (χ3v) is 3.33. The summed E-state index contributed by atoms with van der Waals surface area (Å²) in [5.74, 6) is 0.774. The van der Waals surface area contributed by atoms with Gasteiger partial charge in [-0.1, -0.05) is 17.7 Å². The predicted molar refractivity (Wildman–Crippen MR) is 73.2 cm³/mol. The number of pyridine rings is 1. The molecule has 0 aliphatic heterocycles. The van der Waals surface area contributed by atoms with E-state index in [1.165, 1.54) is 0 Å². The Balaban J connectivity index is 2.31. The Morgan fingerprint density at radius 1 is 1.39 bits per heavy atom. The van der Waals surface area contributed by atoms with Gasteiger partial charge in [0.15, 0.2) is 5.82 Å². The zero-order valence-electron chi connectivity index (χ0n) is 10.8. The summed E-state index contributed by atoms with van der Waals surface area (Å²) < 4.78 is 1.76. The minimum Gasteiger partial charge on any atom is -0.328 e. The van der Waals surface area contributed by atoms with Crippen molar-refractivity contribution < 1.29 is 0 Å². The summed E-state index contributed by atoms with van der Waals surface area (Å²) in [5, 5.41) is 5.06. The number of hydrogen-bond acceptors (Lipinski definition) is 3. The molecule has 96 valence electrons. The van der Waals surface area contributed by atoms with Gasteiger partial charge in [-0.05, 0) is 38.8 Å². The highest BCUT2D eigenvalue weighted by atomic mass is 35.5. The van der Waals surface area contributed by atoms with Crippen LogP contribution in [0.4, 0.5) is 0 Å². The third kappa shape index (κ3) is 2.54. The first-order valence-corrected chi connectivity index (χ1v) is 6.29. The van der Waals surface area contributed by atoms with E-state index < -0.39 is 0 Å². The van der Waals surface area contributed by atoms with E-state index in [1.54, 1.807) is 4.68 Å². The van der Waals surface area contributed by atoms with Crippen LogP contribution in [0.3, 0.4) is 0 Å². The van der Waals surface area contributed by atoms with Crippen LogP contribution < -0.4 is 5.73 Å². The molecule has 2 heterocycles. The zero-order chi connectivity index (χ0) is 13.3. The largest absolute Gasteiger partial charge is 0.328 e. The minimum atomic E-state index is 0.140. The molecule has 0 amide bonds. The van der Waals surface area contributed by atoms with Crippen molar-refractivity contribution in [3.8, 4) is 5.82 Å². The molecule has 1 atom stereocenters. The monoisotopic (exact) mass is 264 g/mol. The van der Waals surface area contributed by atoms with Crippen molar-refractivity contribution in [3.63, 3.8) is 0 Å². The molecule has 2 N–H and O–H groups in total. The maximum Gasteiger partial charge on any atom is 0.153 e. The first-order valence-electron chi connectivity index (χ1n) is 5.91. The highest BCUT2D eigenvalue weighted by Gasteiger charge is 2.11. The molecule has 5 heteroatoms. The van der Waals surface area contributed by atoms with Crippen LogP contribution in [0.5, 0.6) is 0 Å². The average Bonchev–Trinajstić information content (AvgIpc) is 2.57. The zero-order valence-corrected chi connectivity index (χ0v) is 11.6. The van der Waals surface area contributed by atoms with Gasteiger partial charge in [-0.25, -0.2) is 9.67 Å². The smallest absolute Gasteiger partial charge is 0.153 e. The molecule has 0 radical (unpaired) electrons. The van der Waals surface area contributed by atoms with Gasteiger partial charge in [-0.15, -0.1) is 0 Å². The van der Waals surface area contributed by atoms with Crippen molar-refractivity contribution in [2.45, 2.75) is 33.2 Å². The van der Waals surface area contributed by atoms with Gasteiger partial charge in [0.1, 0.15) is 0 Å². The Labute approximate surface area is 112 Å². The van der Waals surface area contributed by atoms with E-state index in [4.69, 9.17) is 17.3 Å². The quantitative estimate of drug-likeness (QED) is 0.926. The molecule has 0 aromatic carbocycles. The molecule has 0 spiro atoms. The van der Waals surface area contributed by atoms with E-state index in [0.29, 0.717) is 5.02 Å². The van der Waals surface area contributed by atoms with Gasteiger partial charge in [0.2, 0.25) is 0 Å². The molecule has 2 aromatic heterocycles. The lowest BCUT2D eigenvalue weighted by Crippen LogP contribution is -2.17. The van der Waals surface area contributed by atoms with Gasteiger partial charge in [0, 0.05) is 12.2 Å². The van der Waals surface area contributed by atoms with E-state index >= 15 is 0 Å². The van der Waals surface area contributed by atoms with Crippen LogP contribution in [-0.4, -0.2) is 20.8 Å². The molecule has 0 bridgehead atoms. The van der Waals surface area contributed by atoms with Crippen molar-refractivity contribution in [1.82, 2.24) is 14.8 Å². The third-order valence-electron chi connectivity index (χ3n) is 2.79. The molecular formula is C13H17ClN4. The van der Waals surface area contributed by atoms with Gasteiger partial charge >= 0.3 is 0 Å². The number of nitrogens with zero attached hydrogens (tertiary/aromatic N) is 3. The van der Waals surface area contributed by atoms with Crippen molar-refractivity contribution in [2.24, 2.45) is 5.73 Å². The van der Waals surface area contributed by atoms with Crippen molar-refractivity contribution in [3.05, 3.63) is 40.3 Å². The molecule has 1 unspecified atom stereocenters. The Bertz CT molecular complexity index is 543. The lowest BCUT2D eigenvalue weighted by atomic mass is 10.1. The van der Waals surface area contributed by atoms with E-state index in [1.807, 2.05) is 39.1 Å². The first-order chi connectivity index (χ1) is 8.49.